The monoisotopic (exact) mass is 238 g/mol. The molecule has 1 aromatic heterocycles. The summed E-state index contributed by atoms with van der Waals surface area (Å²) in [5, 5.41) is 3.53. The molecule has 1 N–H and O–H groups in total. The van der Waals surface area contributed by atoms with Crippen LogP contribution in [0.15, 0.2) is 17.0 Å². The SMILES string of the molecule is CCC1(CC)CC(NCc2cnco2)CCO1. The molecule has 1 saturated heterocycles. The summed E-state index contributed by atoms with van der Waals surface area (Å²) >= 11 is 0. The Morgan fingerprint density at radius 2 is 2.29 bits per heavy atom. The maximum Gasteiger partial charge on any atom is 0.180 e. The van der Waals surface area contributed by atoms with Crippen molar-refractivity contribution in [2.24, 2.45) is 0 Å². The molecule has 0 aliphatic carbocycles. The van der Waals surface area contributed by atoms with Gasteiger partial charge in [0.25, 0.3) is 0 Å². The lowest BCUT2D eigenvalue weighted by molar-refractivity contribution is -0.0933. The zero-order valence-corrected chi connectivity index (χ0v) is 10.7. The van der Waals surface area contributed by atoms with Gasteiger partial charge in [0, 0.05) is 12.6 Å². The van der Waals surface area contributed by atoms with E-state index in [1.165, 1.54) is 6.39 Å². The molecular formula is C13H22N2O2. The van der Waals surface area contributed by atoms with Crippen molar-refractivity contribution in [2.45, 2.75) is 57.7 Å². The third kappa shape index (κ3) is 3.07. The van der Waals surface area contributed by atoms with Gasteiger partial charge in [0.1, 0.15) is 5.76 Å². The molecule has 4 heteroatoms. The van der Waals surface area contributed by atoms with Crippen molar-refractivity contribution in [1.29, 1.82) is 0 Å². The Labute approximate surface area is 103 Å². The zero-order chi connectivity index (χ0) is 12.1. The van der Waals surface area contributed by atoms with E-state index in [0.29, 0.717) is 6.04 Å². The third-order valence-corrected chi connectivity index (χ3v) is 3.83. The molecule has 1 unspecified atom stereocenters. The standard InChI is InChI=1S/C13H22N2O2/c1-3-13(4-2)7-11(5-6-17-13)15-9-12-8-14-10-16-12/h8,10-11,15H,3-7,9H2,1-2H3. The van der Waals surface area contributed by atoms with Crippen LogP contribution in [0.5, 0.6) is 0 Å². The maximum atomic E-state index is 5.96. The quantitative estimate of drug-likeness (QED) is 0.856. The molecule has 2 heterocycles. The lowest BCUT2D eigenvalue weighted by Crippen LogP contribution is -2.46. The summed E-state index contributed by atoms with van der Waals surface area (Å²) < 4.78 is 11.2. The second-order valence-electron chi connectivity index (χ2n) is 4.78. The highest BCUT2D eigenvalue weighted by Crippen LogP contribution is 2.31. The summed E-state index contributed by atoms with van der Waals surface area (Å²) in [5.74, 6) is 0.898. The molecule has 0 aromatic carbocycles. The first-order valence-electron chi connectivity index (χ1n) is 6.52. The van der Waals surface area contributed by atoms with Crippen LogP contribution in [-0.4, -0.2) is 23.2 Å². The van der Waals surface area contributed by atoms with E-state index in [1.807, 2.05) is 0 Å². The molecule has 1 aliphatic heterocycles. The van der Waals surface area contributed by atoms with Gasteiger partial charge in [0.05, 0.1) is 18.3 Å². The van der Waals surface area contributed by atoms with Crippen molar-refractivity contribution < 1.29 is 9.15 Å². The Morgan fingerprint density at radius 3 is 2.94 bits per heavy atom. The van der Waals surface area contributed by atoms with Crippen LogP contribution in [-0.2, 0) is 11.3 Å². The summed E-state index contributed by atoms with van der Waals surface area (Å²) in [6.07, 6.45) is 7.58. The van der Waals surface area contributed by atoms with Gasteiger partial charge in [-0.25, -0.2) is 4.98 Å². The topological polar surface area (TPSA) is 47.3 Å². The van der Waals surface area contributed by atoms with Gasteiger partial charge in [-0.2, -0.15) is 0 Å². The molecule has 2 rings (SSSR count). The van der Waals surface area contributed by atoms with Gasteiger partial charge in [-0.3, -0.25) is 0 Å². The first-order chi connectivity index (χ1) is 8.28. The van der Waals surface area contributed by atoms with Crippen molar-refractivity contribution in [3.8, 4) is 0 Å². The van der Waals surface area contributed by atoms with Gasteiger partial charge in [0.15, 0.2) is 6.39 Å². The minimum atomic E-state index is 0.0807. The van der Waals surface area contributed by atoms with E-state index in [4.69, 9.17) is 9.15 Å². The summed E-state index contributed by atoms with van der Waals surface area (Å²) in [6, 6.07) is 0.522. The zero-order valence-electron chi connectivity index (χ0n) is 10.7. The summed E-state index contributed by atoms with van der Waals surface area (Å²) in [4.78, 5) is 3.92. The van der Waals surface area contributed by atoms with Gasteiger partial charge >= 0.3 is 0 Å². The Morgan fingerprint density at radius 1 is 1.47 bits per heavy atom. The first kappa shape index (κ1) is 12.6. The smallest absolute Gasteiger partial charge is 0.180 e. The highest BCUT2D eigenvalue weighted by Gasteiger charge is 2.34. The summed E-state index contributed by atoms with van der Waals surface area (Å²) in [7, 11) is 0. The largest absolute Gasteiger partial charge is 0.447 e. The van der Waals surface area contributed by atoms with Crippen LogP contribution in [0.25, 0.3) is 0 Å². The number of rotatable bonds is 5. The van der Waals surface area contributed by atoms with Crippen molar-refractivity contribution in [1.82, 2.24) is 10.3 Å². The van der Waals surface area contributed by atoms with Crippen molar-refractivity contribution in [2.75, 3.05) is 6.61 Å². The molecule has 0 saturated carbocycles. The fourth-order valence-electron chi connectivity index (χ4n) is 2.52. The third-order valence-electron chi connectivity index (χ3n) is 3.83. The molecule has 1 fully saturated rings. The van der Waals surface area contributed by atoms with Gasteiger partial charge in [-0.1, -0.05) is 13.8 Å². The number of aromatic nitrogens is 1. The average Bonchev–Trinajstić information content (AvgIpc) is 2.90. The molecule has 1 aliphatic rings. The van der Waals surface area contributed by atoms with E-state index in [0.717, 1.165) is 44.6 Å². The number of ether oxygens (including phenoxy) is 1. The Bertz CT molecular complexity index is 320. The van der Waals surface area contributed by atoms with Crippen molar-refractivity contribution in [3.05, 3.63) is 18.4 Å². The minimum absolute atomic E-state index is 0.0807. The van der Waals surface area contributed by atoms with Gasteiger partial charge in [-0.15, -0.1) is 0 Å². The van der Waals surface area contributed by atoms with E-state index in [2.05, 4.69) is 24.1 Å². The summed E-state index contributed by atoms with van der Waals surface area (Å²) in [5.41, 5.74) is 0.0807. The fraction of sp³-hybridized carbons (Fsp3) is 0.769. The van der Waals surface area contributed by atoms with Crippen LogP contribution in [0.2, 0.25) is 0 Å². The number of hydrogen-bond donors (Lipinski definition) is 1. The number of oxazole rings is 1. The van der Waals surface area contributed by atoms with Crippen molar-refractivity contribution >= 4 is 0 Å². The first-order valence-corrected chi connectivity index (χ1v) is 6.52. The predicted molar refractivity (Wildman–Crippen MR) is 65.6 cm³/mol. The molecule has 0 amide bonds. The van der Waals surface area contributed by atoms with Crippen LogP contribution < -0.4 is 5.32 Å². The lowest BCUT2D eigenvalue weighted by atomic mass is 9.86. The lowest BCUT2D eigenvalue weighted by Gasteiger charge is -2.40. The normalized spacial score (nSPS) is 23.8. The Hall–Kier alpha value is -0.870. The Kier molecular flexibility index (Phi) is 4.18. The van der Waals surface area contributed by atoms with E-state index in [9.17, 15) is 0 Å². The van der Waals surface area contributed by atoms with Gasteiger partial charge in [-0.05, 0) is 25.7 Å². The van der Waals surface area contributed by atoms with E-state index < -0.39 is 0 Å². The van der Waals surface area contributed by atoms with Crippen LogP contribution in [0.1, 0.15) is 45.3 Å². The molecule has 0 spiro atoms. The molecule has 1 atom stereocenters. The molecule has 4 nitrogen and oxygen atoms in total. The molecule has 96 valence electrons. The van der Waals surface area contributed by atoms with Crippen LogP contribution in [0.4, 0.5) is 0 Å². The van der Waals surface area contributed by atoms with E-state index in [-0.39, 0.29) is 5.60 Å². The Balaban J connectivity index is 1.85. The summed E-state index contributed by atoms with van der Waals surface area (Å²) in [6.45, 7) is 6.04. The van der Waals surface area contributed by atoms with E-state index in [1.54, 1.807) is 6.20 Å². The highest BCUT2D eigenvalue weighted by molar-refractivity contribution is 4.92. The van der Waals surface area contributed by atoms with Gasteiger partial charge in [0.2, 0.25) is 0 Å². The van der Waals surface area contributed by atoms with Crippen LogP contribution in [0, 0.1) is 0 Å². The average molecular weight is 238 g/mol. The molecule has 0 radical (unpaired) electrons. The van der Waals surface area contributed by atoms with E-state index >= 15 is 0 Å². The molecule has 0 bridgehead atoms. The van der Waals surface area contributed by atoms with Crippen molar-refractivity contribution in [3.63, 3.8) is 0 Å². The maximum absolute atomic E-state index is 5.96. The second-order valence-corrected chi connectivity index (χ2v) is 4.78. The van der Waals surface area contributed by atoms with Crippen LogP contribution >= 0.6 is 0 Å². The second kappa shape index (κ2) is 5.65. The minimum Gasteiger partial charge on any atom is -0.447 e. The number of hydrogen-bond acceptors (Lipinski definition) is 4. The predicted octanol–water partition coefficient (Wildman–Crippen LogP) is 2.50. The fourth-order valence-corrected chi connectivity index (χ4v) is 2.52. The van der Waals surface area contributed by atoms with Gasteiger partial charge < -0.3 is 14.5 Å². The van der Waals surface area contributed by atoms with Crippen LogP contribution in [0.3, 0.4) is 0 Å². The molecular weight excluding hydrogens is 216 g/mol. The molecule has 17 heavy (non-hydrogen) atoms. The number of nitrogens with zero attached hydrogens (tertiary/aromatic N) is 1. The molecule has 1 aromatic rings. The number of nitrogens with one attached hydrogen (secondary N) is 1. The highest BCUT2D eigenvalue weighted by atomic mass is 16.5.